The van der Waals surface area contributed by atoms with Gasteiger partial charge in [0.15, 0.2) is 0 Å². The van der Waals surface area contributed by atoms with E-state index in [-0.39, 0.29) is 23.8 Å². The summed E-state index contributed by atoms with van der Waals surface area (Å²) in [5, 5.41) is 8.49. The predicted octanol–water partition coefficient (Wildman–Crippen LogP) is -1.14. The van der Waals surface area contributed by atoms with Crippen molar-refractivity contribution in [3.63, 3.8) is 0 Å². The van der Waals surface area contributed by atoms with Gasteiger partial charge in [-0.2, -0.15) is 0 Å². The molecule has 2 atom stereocenters. The van der Waals surface area contributed by atoms with Gasteiger partial charge in [0, 0.05) is 26.1 Å². The summed E-state index contributed by atoms with van der Waals surface area (Å²) in [7, 11) is 1.58. The van der Waals surface area contributed by atoms with Crippen molar-refractivity contribution >= 4 is 11.8 Å². The third-order valence-corrected chi connectivity index (χ3v) is 2.81. The van der Waals surface area contributed by atoms with Crippen molar-refractivity contribution < 1.29 is 14.3 Å². The third kappa shape index (κ3) is 4.32. The molecule has 2 unspecified atom stereocenters. The second-order valence-corrected chi connectivity index (χ2v) is 4.02. The van der Waals surface area contributed by atoms with Crippen molar-refractivity contribution in [3.8, 4) is 0 Å². The zero-order valence-electron chi connectivity index (χ0n) is 10.4. The summed E-state index contributed by atoms with van der Waals surface area (Å²) in [6, 6.07) is 0.0833. The molecule has 1 aliphatic heterocycles. The summed E-state index contributed by atoms with van der Waals surface area (Å²) >= 11 is 0. The number of hydrogen-bond acceptors (Lipinski definition) is 4. The highest BCUT2D eigenvalue weighted by Gasteiger charge is 2.33. The van der Waals surface area contributed by atoms with Gasteiger partial charge in [-0.3, -0.25) is 9.59 Å². The molecule has 0 aromatic rings. The zero-order chi connectivity index (χ0) is 12.7. The Morgan fingerprint density at radius 2 is 2.12 bits per heavy atom. The van der Waals surface area contributed by atoms with E-state index in [0.717, 1.165) is 6.54 Å². The molecule has 0 spiro atoms. The largest absolute Gasteiger partial charge is 0.379 e. The fourth-order valence-electron chi connectivity index (χ4n) is 1.83. The summed E-state index contributed by atoms with van der Waals surface area (Å²) in [6.07, 6.45) is 0.307. The molecule has 6 heteroatoms. The smallest absolute Gasteiger partial charge is 0.227 e. The quantitative estimate of drug-likeness (QED) is 0.551. The van der Waals surface area contributed by atoms with E-state index in [4.69, 9.17) is 4.74 Å². The van der Waals surface area contributed by atoms with Gasteiger partial charge in [-0.15, -0.1) is 0 Å². The van der Waals surface area contributed by atoms with Crippen LogP contribution in [0.25, 0.3) is 0 Å². The SMILES string of the molecule is CCNC1COCC1C(=O)NCCC(=O)NC. The lowest BCUT2D eigenvalue weighted by atomic mass is 10.0. The molecule has 0 bridgehead atoms. The fourth-order valence-corrected chi connectivity index (χ4v) is 1.83. The Kier molecular flexibility index (Phi) is 5.93. The highest BCUT2D eigenvalue weighted by molar-refractivity contribution is 5.81. The summed E-state index contributed by atoms with van der Waals surface area (Å²) in [6.45, 7) is 4.20. The lowest BCUT2D eigenvalue weighted by Crippen LogP contribution is -2.44. The van der Waals surface area contributed by atoms with Crippen LogP contribution in [0.5, 0.6) is 0 Å². The maximum Gasteiger partial charge on any atom is 0.227 e. The number of carbonyl (C=O) groups excluding carboxylic acids is 2. The van der Waals surface area contributed by atoms with Crippen molar-refractivity contribution in [2.45, 2.75) is 19.4 Å². The van der Waals surface area contributed by atoms with E-state index in [1.165, 1.54) is 0 Å². The Morgan fingerprint density at radius 1 is 1.35 bits per heavy atom. The standard InChI is InChI=1S/C11H21N3O3/c1-3-13-9-7-17-6-8(9)11(16)14-5-4-10(15)12-2/h8-9,13H,3-7H2,1-2H3,(H,12,15)(H,14,16). The van der Waals surface area contributed by atoms with Crippen molar-refractivity contribution in [2.75, 3.05) is 33.4 Å². The highest BCUT2D eigenvalue weighted by Crippen LogP contribution is 2.13. The van der Waals surface area contributed by atoms with Gasteiger partial charge in [-0.25, -0.2) is 0 Å². The minimum atomic E-state index is -0.153. The van der Waals surface area contributed by atoms with E-state index in [2.05, 4.69) is 16.0 Å². The van der Waals surface area contributed by atoms with Gasteiger partial charge in [0.05, 0.1) is 19.1 Å². The monoisotopic (exact) mass is 243 g/mol. The number of ether oxygens (including phenoxy) is 1. The molecule has 6 nitrogen and oxygen atoms in total. The minimum Gasteiger partial charge on any atom is -0.379 e. The Morgan fingerprint density at radius 3 is 2.76 bits per heavy atom. The van der Waals surface area contributed by atoms with Crippen LogP contribution < -0.4 is 16.0 Å². The Labute approximate surface area is 101 Å². The van der Waals surface area contributed by atoms with Gasteiger partial charge in [0.2, 0.25) is 11.8 Å². The second-order valence-electron chi connectivity index (χ2n) is 4.02. The molecule has 0 saturated carbocycles. The molecule has 1 saturated heterocycles. The normalized spacial score (nSPS) is 23.4. The van der Waals surface area contributed by atoms with E-state index in [1.54, 1.807) is 7.05 Å². The molecule has 0 aromatic carbocycles. The van der Waals surface area contributed by atoms with Crippen LogP contribution in [0.2, 0.25) is 0 Å². The molecule has 0 aliphatic carbocycles. The molecule has 1 heterocycles. The third-order valence-electron chi connectivity index (χ3n) is 2.81. The van der Waals surface area contributed by atoms with Crippen LogP contribution in [0, 0.1) is 5.92 Å². The molecule has 0 radical (unpaired) electrons. The molecule has 0 aromatic heterocycles. The number of nitrogens with one attached hydrogen (secondary N) is 3. The first-order valence-electron chi connectivity index (χ1n) is 5.98. The number of amides is 2. The highest BCUT2D eigenvalue weighted by atomic mass is 16.5. The molecular weight excluding hydrogens is 222 g/mol. The van der Waals surface area contributed by atoms with Gasteiger partial charge in [0.1, 0.15) is 0 Å². The lowest BCUT2D eigenvalue weighted by molar-refractivity contribution is -0.125. The van der Waals surface area contributed by atoms with Crippen molar-refractivity contribution in [2.24, 2.45) is 5.92 Å². The van der Waals surface area contributed by atoms with Crippen molar-refractivity contribution in [1.29, 1.82) is 0 Å². The van der Waals surface area contributed by atoms with Gasteiger partial charge >= 0.3 is 0 Å². The van der Waals surface area contributed by atoms with Crippen LogP contribution in [0.1, 0.15) is 13.3 Å². The topological polar surface area (TPSA) is 79.5 Å². The predicted molar refractivity (Wildman–Crippen MR) is 63.5 cm³/mol. The Hall–Kier alpha value is -1.14. The van der Waals surface area contributed by atoms with Crippen LogP contribution in [0.15, 0.2) is 0 Å². The van der Waals surface area contributed by atoms with Crippen molar-refractivity contribution in [1.82, 2.24) is 16.0 Å². The number of carbonyl (C=O) groups is 2. The Bertz CT molecular complexity index is 271. The van der Waals surface area contributed by atoms with E-state index in [9.17, 15) is 9.59 Å². The number of likely N-dealkylation sites (N-methyl/N-ethyl adjacent to an activating group) is 1. The van der Waals surface area contributed by atoms with E-state index >= 15 is 0 Å². The van der Waals surface area contributed by atoms with Crippen LogP contribution in [-0.2, 0) is 14.3 Å². The summed E-state index contributed by atoms with van der Waals surface area (Å²) in [5.74, 6) is -0.270. The Balaban J connectivity index is 2.29. The average Bonchev–Trinajstić information content (AvgIpc) is 2.77. The van der Waals surface area contributed by atoms with Crippen LogP contribution in [0.3, 0.4) is 0 Å². The summed E-state index contributed by atoms with van der Waals surface area (Å²) in [5.41, 5.74) is 0. The molecule has 1 aliphatic rings. The molecular formula is C11H21N3O3. The first-order valence-corrected chi connectivity index (χ1v) is 5.98. The van der Waals surface area contributed by atoms with Gasteiger partial charge in [-0.05, 0) is 6.54 Å². The summed E-state index contributed by atoms with van der Waals surface area (Å²) in [4.78, 5) is 22.8. The number of hydrogen-bond donors (Lipinski definition) is 3. The van der Waals surface area contributed by atoms with E-state index in [1.807, 2.05) is 6.92 Å². The van der Waals surface area contributed by atoms with Crippen LogP contribution >= 0.6 is 0 Å². The first kappa shape index (κ1) is 13.9. The van der Waals surface area contributed by atoms with E-state index in [0.29, 0.717) is 26.2 Å². The van der Waals surface area contributed by atoms with E-state index < -0.39 is 0 Å². The number of rotatable bonds is 6. The maximum absolute atomic E-state index is 11.8. The van der Waals surface area contributed by atoms with Gasteiger partial charge in [-0.1, -0.05) is 6.92 Å². The van der Waals surface area contributed by atoms with Crippen LogP contribution in [0.4, 0.5) is 0 Å². The zero-order valence-corrected chi connectivity index (χ0v) is 10.4. The molecule has 1 fully saturated rings. The minimum absolute atomic E-state index is 0.0441. The molecule has 98 valence electrons. The first-order chi connectivity index (χ1) is 8.19. The molecule has 1 rings (SSSR count). The van der Waals surface area contributed by atoms with Gasteiger partial charge in [0.25, 0.3) is 0 Å². The van der Waals surface area contributed by atoms with Crippen molar-refractivity contribution in [3.05, 3.63) is 0 Å². The molecule has 2 amide bonds. The average molecular weight is 243 g/mol. The molecule has 3 N–H and O–H groups in total. The lowest BCUT2D eigenvalue weighted by Gasteiger charge is -2.17. The second kappa shape index (κ2) is 7.24. The van der Waals surface area contributed by atoms with Gasteiger partial charge < -0.3 is 20.7 Å². The summed E-state index contributed by atoms with van der Waals surface area (Å²) < 4.78 is 5.29. The maximum atomic E-state index is 11.8. The van der Waals surface area contributed by atoms with Crippen LogP contribution in [-0.4, -0.2) is 51.2 Å². The fraction of sp³-hybridized carbons (Fsp3) is 0.818. The molecule has 17 heavy (non-hydrogen) atoms.